The Morgan fingerprint density at radius 2 is 1.92 bits per heavy atom. The average molecular weight is 339 g/mol. The molecule has 1 fully saturated rings. The largest absolute Gasteiger partial charge is 0.377 e. The van der Waals surface area contributed by atoms with Crippen LogP contribution in [0.1, 0.15) is 18.9 Å². The van der Waals surface area contributed by atoms with Crippen LogP contribution in [-0.2, 0) is 11.3 Å². The highest BCUT2D eigenvalue weighted by molar-refractivity contribution is 5.90. The molecule has 5 nitrogen and oxygen atoms in total. The standard InChI is InChI=1S/C20H25N3O2/c1-2-25-15-16-8-6-7-11-19(16)22-20(24)21-17-12-13-23(14-17)18-9-4-3-5-10-18/h3-11,17H,2,12-15H2,1H3,(H2,21,22,24)/t17-/m0/s1. The summed E-state index contributed by atoms with van der Waals surface area (Å²) in [6.45, 7) is 4.89. The third kappa shape index (κ3) is 4.73. The van der Waals surface area contributed by atoms with Crippen LogP contribution < -0.4 is 15.5 Å². The van der Waals surface area contributed by atoms with Crippen molar-refractivity contribution in [1.29, 1.82) is 0 Å². The number of rotatable bonds is 6. The van der Waals surface area contributed by atoms with Gasteiger partial charge in [-0.3, -0.25) is 0 Å². The lowest BCUT2D eigenvalue weighted by molar-refractivity contribution is 0.134. The highest BCUT2D eigenvalue weighted by atomic mass is 16.5. The summed E-state index contributed by atoms with van der Waals surface area (Å²) in [5.41, 5.74) is 2.98. The maximum atomic E-state index is 12.4. The molecule has 0 radical (unpaired) electrons. The summed E-state index contributed by atoms with van der Waals surface area (Å²) in [4.78, 5) is 14.7. The van der Waals surface area contributed by atoms with Gasteiger partial charge in [-0.2, -0.15) is 0 Å². The molecule has 1 atom stereocenters. The minimum Gasteiger partial charge on any atom is -0.377 e. The lowest BCUT2D eigenvalue weighted by atomic mass is 10.2. The molecule has 2 amide bonds. The molecular weight excluding hydrogens is 314 g/mol. The molecule has 5 heteroatoms. The molecular formula is C20H25N3O2. The van der Waals surface area contributed by atoms with Crippen molar-refractivity contribution in [3.63, 3.8) is 0 Å². The fourth-order valence-electron chi connectivity index (χ4n) is 3.08. The number of carbonyl (C=O) groups excluding carboxylic acids is 1. The Morgan fingerprint density at radius 1 is 1.16 bits per heavy atom. The average Bonchev–Trinajstić information content (AvgIpc) is 3.10. The SMILES string of the molecule is CCOCc1ccccc1NC(=O)N[C@H]1CCN(c2ccccc2)C1. The van der Waals surface area contributed by atoms with E-state index < -0.39 is 0 Å². The Labute approximate surface area is 149 Å². The number of hydrogen-bond donors (Lipinski definition) is 2. The van der Waals surface area contributed by atoms with E-state index in [0.717, 1.165) is 30.8 Å². The van der Waals surface area contributed by atoms with Crippen LogP contribution in [0.5, 0.6) is 0 Å². The fourth-order valence-corrected chi connectivity index (χ4v) is 3.08. The molecule has 2 aromatic rings. The van der Waals surface area contributed by atoms with E-state index in [4.69, 9.17) is 4.74 Å². The van der Waals surface area contributed by atoms with Gasteiger partial charge in [0.2, 0.25) is 0 Å². The van der Waals surface area contributed by atoms with E-state index in [-0.39, 0.29) is 12.1 Å². The van der Waals surface area contributed by atoms with Gasteiger partial charge in [-0.25, -0.2) is 4.79 Å². The highest BCUT2D eigenvalue weighted by Gasteiger charge is 2.24. The number of amides is 2. The molecule has 0 saturated carbocycles. The molecule has 1 heterocycles. The molecule has 132 valence electrons. The molecule has 1 saturated heterocycles. The predicted molar refractivity (Wildman–Crippen MR) is 101 cm³/mol. The van der Waals surface area contributed by atoms with E-state index in [0.29, 0.717) is 13.2 Å². The summed E-state index contributed by atoms with van der Waals surface area (Å²) in [5, 5.41) is 6.03. The Bertz CT molecular complexity index is 690. The number of benzene rings is 2. The van der Waals surface area contributed by atoms with Crippen molar-refractivity contribution >= 4 is 17.4 Å². The second-order valence-corrected chi connectivity index (χ2v) is 6.16. The first-order valence-electron chi connectivity index (χ1n) is 8.79. The number of nitrogens with zero attached hydrogens (tertiary/aromatic N) is 1. The number of carbonyl (C=O) groups is 1. The van der Waals surface area contributed by atoms with E-state index in [1.807, 2.05) is 49.4 Å². The van der Waals surface area contributed by atoms with Gasteiger partial charge in [-0.15, -0.1) is 0 Å². The summed E-state index contributed by atoms with van der Waals surface area (Å²) in [7, 11) is 0. The summed E-state index contributed by atoms with van der Waals surface area (Å²) in [6.07, 6.45) is 0.947. The Hall–Kier alpha value is -2.53. The number of ether oxygens (including phenoxy) is 1. The molecule has 0 aliphatic carbocycles. The molecule has 1 aliphatic heterocycles. The maximum Gasteiger partial charge on any atom is 0.319 e. The smallest absolute Gasteiger partial charge is 0.319 e. The molecule has 0 spiro atoms. The molecule has 2 N–H and O–H groups in total. The van der Waals surface area contributed by atoms with Gasteiger partial charge in [-0.05, 0) is 31.5 Å². The summed E-state index contributed by atoms with van der Waals surface area (Å²) in [6, 6.07) is 18.0. The Morgan fingerprint density at radius 3 is 2.72 bits per heavy atom. The quantitative estimate of drug-likeness (QED) is 0.845. The predicted octanol–water partition coefficient (Wildman–Crippen LogP) is 3.62. The Kier molecular flexibility index (Phi) is 5.90. The van der Waals surface area contributed by atoms with Crippen molar-refractivity contribution in [3.8, 4) is 0 Å². The first-order valence-corrected chi connectivity index (χ1v) is 8.79. The summed E-state index contributed by atoms with van der Waals surface area (Å²) in [5.74, 6) is 0. The van der Waals surface area contributed by atoms with E-state index in [9.17, 15) is 4.79 Å². The van der Waals surface area contributed by atoms with Crippen molar-refractivity contribution in [3.05, 3.63) is 60.2 Å². The van der Waals surface area contributed by atoms with Crippen LogP contribution in [-0.4, -0.2) is 31.8 Å². The van der Waals surface area contributed by atoms with Crippen molar-refractivity contribution in [2.75, 3.05) is 29.9 Å². The molecule has 0 aromatic heterocycles. The zero-order valence-corrected chi connectivity index (χ0v) is 14.6. The van der Waals surface area contributed by atoms with Gasteiger partial charge >= 0.3 is 6.03 Å². The van der Waals surface area contributed by atoms with Crippen molar-refractivity contribution in [1.82, 2.24) is 5.32 Å². The molecule has 2 aromatic carbocycles. The van der Waals surface area contributed by atoms with Gasteiger partial charge in [-0.1, -0.05) is 36.4 Å². The number of nitrogens with one attached hydrogen (secondary N) is 2. The molecule has 25 heavy (non-hydrogen) atoms. The number of anilines is 2. The lowest BCUT2D eigenvalue weighted by Crippen LogP contribution is -2.39. The molecule has 0 unspecified atom stereocenters. The van der Waals surface area contributed by atoms with Gasteiger partial charge in [0.1, 0.15) is 0 Å². The van der Waals surface area contributed by atoms with Crippen LogP contribution >= 0.6 is 0 Å². The highest BCUT2D eigenvalue weighted by Crippen LogP contribution is 2.20. The van der Waals surface area contributed by atoms with Gasteiger partial charge in [0.05, 0.1) is 6.61 Å². The zero-order chi connectivity index (χ0) is 17.5. The van der Waals surface area contributed by atoms with Crippen molar-refractivity contribution in [2.45, 2.75) is 26.0 Å². The lowest BCUT2D eigenvalue weighted by Gasteiger charge is -2.19. The third-order valence-corrected chi connectivity index (χ3v) is 4.37. The second kappa shape index (κ2) is 8.53. The van der Waals surface area contributed by atoms with E-state index in [1.165, 1.54) is 5.69 Å². The fraction of sp³-hybridized carbons (Fsp3) is 0.350. The van der Waals surface area contributed by atoms with Crippen LogP contribution in [0.15, 0.2) is 54.6 Å². The van der Waals surface area contributed by atoms with Crippen molar-refractivity contribution in [2.24, 2.45) is 0 Å². The normalized spacial score (nSPS) is 16.7. The second-order valence-electron chi connectivity index (χ2n) is 6.16. The van der Waals surface area contributed by atoms with Gasteiger partial charge in [0.25, 0.3) is 0 Å². The van der Waals surface area contributed by atoms with Crippen LogP contribution in [0, 0.1) is 0 Å². The minimum absolute atomic E-state index is 0.152. The topological polar surface area (TPSA) is 53.6 Å². The van der Waals surface area contributed by atoms with Gasteiger partial charge in [0, 0.05) is 42.7 Å². The molecule has 3 rings (SSSR count). The van der Waals surface area contributed by atoms with Crippen LogP contribution in [0.4, 0.5) is 16.2 Å². The molecule has 1 aliphatic rings. The van der Waals surface area contributed by atoms with E-state index >= 15 is 0 Å². The number of para-hydroxylation sites is 2. The first-order chi connectivity index (χ1) is 12.3. The monoisotopic (exact) mass is 339 g/mol. The number of urea groups is 1. The maximum absolute atomic E-state index is 12.4. The van der Waals surface area contributed by atoms with E-state index in [2.05, 4.69) is 27.7 Å². The van der Waals surface area contributed by atoms with Gasteiger partial charge in [0.15, 0.2) is 0 Å². The first kappa shape index (κ1) is 17.3. The third-order valence-electron chi connectivity index (χ3n) is 4.37. The van der Waals surface area contributed by atoms with Gasteiger partial charge < -0.3 is 20.3 Å². The number of hydrogen-bond acceptors (Lipinski definition) is 3. The van der Waals surface area contributed by atoms with E-state index in [1.54, 1.807) is 0 Å². The summed E-state index contributed by atoms with van der Waals surface area (Å²) < 4.78 is 5.46. The molecule has 0 bridgehead atoms. The summed E-state index contributed by atoms with van der Waals surface area (Å²) >= 11 is 0. The van der Waals surface area contributed by atoms with Crippen LogP contribution in [0.3, 0.4) is 0 Å². The van der Waals surface area contributed by atoms with Crippen molar-refractivity contribution < 1.29 is 9.53 Å². The van der Waals surface area contributed by atoms with Crippen LogP contribution in [0.25, 0.3) is 0 Å². The Balaban J connectivity index is 1.54. The minimum atomic E-state index is -0.163. The zero-order valence-electron chi connectivity index (χ0n) is 14.6. The van der Waals surface area contributed by atoms with Crippen LogP contribution in [0.2, 0.25) is 0 Å².